The molecule has 0 atom stereocenters. The van der Waals surface area contributed by atoms with E-state index in [4.69, 9.17) is 4.42 Å². The Morgan fingerprint density at radius 2 is 1.95 bits per heavy atom. The van der Waals surface area contributed by atoms with E-state index in [2.05, 4.69) is 0 Å². The lowest BCUT2D eigenvalue weighted by Crippen LogP contribution is -2.16. The van der Waals surface area contributed by atoms with Crippen LogP contribution >= 0.6 is 0 Å². The number of hydrogen-bond donors (Lipinski definition) is 1. The topological polar surface area (TPSA) is 93.6 Å². The highest BCUT2D eigenvalue weighted by Gasteiger charge is 2.27. The van der Waals surface area contributed by atoms with Gasteiger partial charge in [0.15, 0.2) is 0 Å². The predicted molar refractivity (Wildman–Crippen MR) is 72.2 cm³/mol. The maximum atomic E-state index is 12.0. The third-order valence-corrected chi connectivity index (χ3v) is 3.82. The molecule has 0 fully saturated rings. The third-order valence-electron chi connectivity index (χ3n) is 3.82. The second-order valence-corrected chi connectivity index (χ2v) is 5.08. The van der Waals surface area contributed by atoms with Gasteiger partial charge in [0.05, 0.1) is 10.3 Å². The van der Waals surface area contributed by atoms with Gasteiger partial charge in [0.1, 0.15) is 5.75 Å². The van der Waals surface area contributed by atoms with E-state index in [0.717, 1.165) is 12.8 Å². The molecule has 0 amide bonds. The zero-order valence-electron chi connectivity index (χ0n) is 10.9. The van der Waals surface area contributed by atoms with E-state index in [1.54, 1.807) is 0 Å². The molecule has 104 valence electrons. The van der Waals surface area contributed by atoms with Crippen molar-refractivity contribution in [1.29, 1.82) is 0 Å². The SMILES string of the molecule is Cc1cc(O)c2c3c(c(=O)oc2c1[N+](=O)[O-])CCCC3. The maximum Gasteiger partial charge on any atom is 0.339 e. The van der Waals surface area contributed by atoms with E-state index in [9.17, 15) is 20.0 Å². The lowest BCUT2D eigenvalue weighted by atomic mass is 9.89. The molecule has 1 aliphatic carbocycles. The molecule has 1 N–H and O–H groups in total. The lowest BCUT2D eigenvalue weighted by Gasteiger charge is -2.17. The molecule has 0 unspecified atom stereocenters. The summed E-state index contributed by atoms with van der Waals surface area (Å²) in [6.45, 7) is 1.51. The van der Waals surface area contributed by atoms with Crippen LogP contribution in [0.2, 0.25) is 0 Å². The van der Waals surface area contributed by atoms with Crippen molar-refractivity contribution in [2.24, 2.45) is 0 Å². The van der Waals surface area contributed by atoms with Crippen molar-refractivity contribution < 1.29 is 14.4 Å². The van der Waals surface area contributed by atoms with Crippen LogP contribution in [0.1, 0.15) is 29.5 Å². The Hall–Kier alpha value is -2.37. The normalized spacial score (nSPS) is 14.2. The molecule has 1 heterocycles. The Labute approximate surface area is 113 Å². The predicted octanol–water partition coefficient (Wildman–Crippen LogP) is 2.59. The first kappa shape index (κ1) is 12.7. The monoisotopic (exact) mass is 275 g/mol. The lowest BCUT2D eigenvalue weighted by molar-refractivity contribution is -0.384. The van der Waals surface area contributed by atoms with E-state index in [0.29, 0.717) is 29.4 Å². The number of phenols is 1. The minimum Gasteiger partial charge on any atom is -0.507 e. The van der Waals surface area contributed by atoms with Crippen molar-refractivity contribution >= 4 is 16.7 Å². The molecule has 6 nitrogen and oxygen atoms in total. The van der Waals surface area contributed by atoms with Crippen LogP contribution in [0.4, 0.5) is 5.69 Å². The van der Waals surface area contributed by atoms with Crippen molar-refractivity contribution in [3.63, 3.8) is 0 Å². The zero-order valence-corrected chi connectivity index (χ0v) is 10.9. The number of aromatic hydroxyl groups is 1. The van der Waals surface area contributed by atoms with Gasteiger partial charge in [-0.25, -0.2) is 4.79 Å². The van der Waals surface area contributed by atoms with Crippen molar-refractivity contribution in [1.82, 2.24) is 0 Å². The molecule has 0 spiro atoms. The van der Waals surface area contributed by atoms with E-state index in [1.165, 1.54) is 13.0 Å². The fraction of sp³-hybridized carbons (Fsp3) is 0.357. The van der Waals surface area contributed by atoms with Gasteiger partial charge >= 0.3 is 11.3 Å². The number of hydrogen-bond acceptors (Lipinski definition) is 5. The first-order valence-corrected chi connectivity index (χ1v) is 6.46. The summed E-state index contributed by atoms with van der Waals surface area (Å²) in [5.74, 6) is -0.0648. The average Bonchev–Trinajstić information content (AvgIpc) is 2.37. The molecule has 6 heteroatoms. The molecular weight excluding hydrogens is 262 g/mol. The maximum absolute atomic E-state index is 12.0. The van der Waals surface area contributed by atoms with Gasteiger partial charge in [-0.15, -0.1) is 0 Å². The van der Waals surface area contributed by atoms with Gasteiger partial charge in [-0.05, 0) is 44.2 Å². The van der Waals surface area contributed by atoms with Crippen LogP contribution in [-0.4, -0.2) is 10.0 Å². The Kier molecular flexibility index (Phi) is 2.74. The molecule has 1 aromatic carbocycles. The molecule has 2 aromatic rings. The number of aryl methyl sites for hydroxylation is 2. The molecule has 3 rings (SSSR count). The van der Waals surface area contributed by atoms with Crippen LogP contribution in [-0.2, 0) is 12.8 Å². The van der Waals surface area contributed by atoms with Crippen LogP contribution in [0.15, 0.2) is 15.3 Å². The van der Waals surface area contributed by atoms with Crippen molar-refractivity contribution in [3.8, 4) is 5.75 Å². The first-order valence-electron chi connectivity index (χ1n) is 6.46. The van der Waals surface area contributed by atoms with Gasteiger partial charge in [-0.1, -0.05) is 0 Å². The Morgan fingerprint density at radius 1 is 1.30 bits per heavy atom. The molecule has 0 radical (unpaired) electrons. The summed E-state index contributed by atoms with van der Waals surface area (Å²) < 4.78 is 5.16. The standard InChI is InChI=1S/C14H13NO5/c1-7-6-10(16)11-8-4-2-3-5-9(8)14(17)20-13(11)12(7)15(18)19/h6,16H,2-5H2,1H3. The summed E-state index contributed by atoms with van der Waals surface area (Å²) >= 11 is 0. The van der Waals surface area contributed by atoms with Crippen LogP contribution in [0, 0.1) is 17.0 Å². The average molecular weight is 275 g/mol. The van der Waals surface area contributed by atoms with Crippen molar-refractivity contribution in [2.45, 2.75) is 32.6 Å². The quantitative estimate of drug-likeness (QED) is 0.490. The van der Waals surface area contributed by atoms with Gasteiger partial charge in [0.25, 0.3) is 0 Å². The summed E-state index contributed by atoms with van der Waals surface area (Å²) in [6, 6.07) is 1.36. The smallest absolute Gasteiger partial charge is 0.339 e. The van der Waals surface area contributed by atoms with Crippen LogP contribution in [0.3, 0.4) is 0 Å². The number of nitro groups is 1. The van der Waals surface area contributed by atoms with Gasteiger partial charge in [-0.3, -0.25) is 10.1 Å². The first-order chi connectivity index (χ1) is 9.50. The van der Waals surface area contributed by atoms with Crippen LogP contribution < -0.4 is 5.63 Å². The van der Waals surface area contributed by atoms with Gasteiger partial charge in [-0.2, -0.15) is 0 Å². The van der Waals surface area contributed by atoms with E-state index >= 15 is 0 Å². The van der Waals surface area contributed by atoms with Crippen molar-refractivity contribution in [3.05, 3.63) is 43.3 Å². The van der Waals surface area contributed by atoms with E-state index in [1.807, 2.05) is 0 Å². The number of nitrogens with zero attached hydrogens (tertiary/aromatic N) is 1. The summed E-state index contributed by atoms with van der Waals surface area (Å²) in [4.78, 5) is 22.6. The molecule has 0 saturated heterocycles. The number of fused-ring (bicyclic) bond motifs is 3. The summed E-state index contributed by atoms with van der Waals surface area (Å²) in [7, 11) is 0. The Bertz CT molecular complexity index is 790. The highest BCUT2D eigenvalue weighted by atomic mass is 16.6. The minimum absolute atomic E-state index is 0.0648. The van der Waals surface area contributed by atoms with Gasteiger partial charge in [0, 0.05) is 11.1 Å². The van der Waals surface area contributed by atoms with Crippen LogP contribution in [0.25, 0.3) is 11.0 Å². The fourth-order valence-corrected chi connectivity index (χ4v) is 2.94. The molecule has 1 aliphatic rings. The summed E-state index contributed by atoms with van der Waals surface area (Å²) in [5.41, 5.74) is 0.626. The highest BCUT2D eigenvalue weighted by Crippen LogP contribution is 2.39. The van der Waals surface area contributed by atoms with Crippen LogP contribution in [0.5, 0.6) is 5.75 Å². The molecular formula is C14H13NO5. The van der Waals surface area contributed by atoms with Crippen molar-refractivity contribution in [2.75, 3.05) is 0 Å². The second-order valence-electron chi connectivity index (χ2n) is 5.08. The Morgan fingerprint density at radius 3 is 2.60 bits per heavy atom. The minimum atomic E-state index is -0.574. The number of benzene rings is 1. The highest BCUT2D eigenvalue weighted by molar-refractivity contribution is 5.95. The molecule has 0 saturated carbocycles. The second kappa shape index (κ2) is 4.33. The number of nitro benzene ring substituents is 1. The molecule has 1 aromatic heterocycles. The number of rotatable bonds is 1. The third kappa shape index (κ3) is 1.68. The van der Waals surface area contributed by atoms with E-state index in [-0.39, 0.29) is 22.6 Å². The summed E-state index contributed by atoms with van der Waals surface area (Å²) in [5, 5.41) is 21.6. The van der Waals surface area contributed by atoms with E-state index < -0.39 is 10.5 Å². The zero-order chi connectivity index (χ0) is 14.4. The molecule has 20 heavy (non-hydrogen) atoms. The van der Waals surface area contributed by atoms with Gasteiger partial charge < -0.3 is 9.52 Å². The Balaban J connectivity index is 2.54. The molecule has 0 aliphatic heterocycles. The number of phenolic OH excluding ortho intramolecular Hbond substituents is 1. The molecule has 0 bridgehead atoms. The fourth-order valence-electron chi connectivity index (χ4n) is 2.94. The summed E-state index contributed by atoms with van der Waals surface area (Å²) in [6.07, 6.45) is 3.00. The largest absolute Gasteiger partial charge is 0.507 e. The van der Waals surface area contributed by atoms with Gasteiger partial charge in [0.2, 0.25) is 5.58 Å².